The Kier molecular flexibility index (Phi) is 4.15. The van der Waals surface area contributed by atoms with Crippen LogP contribution >= 0.6 is 0 Å². The molecule has 19 heavy (non-hydrogen) atoms. The molecule has 0 unspecified atom stereocenters. The Bertz CT molecular complexity index is 607. The Hall–Kier alpha value is -1.48. The van der Waals surface area contributed by atoms with E-state index in [9.17, 15) is 11.9 Å². The van der Waals surface area contributed by atoms with E-state index in [1.165, 1.54) is 6.07 Å². The predicted octanol–water partition coefficient (Wildman–Crippen LogP) is 1.17. The normalized spacial score (nSPS) is 11.3. The van der Waals surface area contributed by atoms with E-state index in [-0.39, 0.29) is 4.35 Å². The van der Waals surface area contributed by atoms with Crippen LogP contribution in [0.25, 0.3) is 0 Å². The Morgan fingerprint density at radius 1 is 1.11 bits per heavy atom. The summed E-state index contributed by atoms with van der Waals surface area (Å²) in [5.41, 5.74) is 2.46. The standard InChI is InChI=1S/C14H16AsNO3/c1-11-7-8-13(9-14(11)15(17,18)19)16-10-12-5-3-2-4-6-12/h2-9,16H,10H2,1H3,(H2,17,18,19). The summed E-state index contributed by atoms with van der Waals surface area (Å²) in [4.78, 5) is 0. The molecular formula is C14H16AsNO3. The molecule has 4 nitrogen and oxygen atoms in total. The van der Waals surface area contributed by atoms with Crippen molar-refractivity contribution in [2.45, 2.75) is 13.5 Å². The van der Waals surface area contributed by atoms with Gasteiger partial charge in [-0.05, 0) is 0 Å². The molecule has 0 saturated carbocycles. The summed E-state index contributed by atoms with van der Waals surface area (Å²) in [5, 5.41) is 3.17. The number of anilines is 1. The van der Waals surface area contributed by atoms with Crippen molar-refractivity contribution < 1.29 is 11.9 Å². The minimum absolute atomic E-state index is 0.135. The molecule has 0 radical (unpaired) electrons. The molecule has 0 spiro atoms. The Labute approximate surface area is 115 Å². The molecule has 100 valence electrons. The van der Waals surface area contributed by atoms with Gasteiger partial charge in [-0.3, -0.25) is 0 Å². The molecule has 5 heteroatoms. The second-order valence-corrected chi connectivity index (χ2v) is 7.68. The van der Waals surface area contributed by atoms with Crippen LogP contribution in [0.15, 0.2) is 48.5 Å². The van der Waals surface area contributed by atoms with Crippen molar-refractivity contribution in [2.24, 2.45) is 0 Å². The third-order valence-electron chi connectivity index (χ3n) is 2.86. The fourth-order valence-electron chi connectivity index (χ4n) is 1.83. The van der Waals surface area contributed by atoms with E-state index < -0.39 is 14.2 Å². The zero-order valence-corrected chi connectivity index (χ0v) is 12.5. The van der Waals surface area contributed by atoms with Crippen LogP contribution < -0.4 is 9.67 Å². The van der Waals surface area contributed by atoms with Crippen molar-refractivity contribution >= 4 is 24.2 Å². The van der Waals surface area contributed by atoms with Gasteiger partial charge in [0.1, 0.15) is 0 Å². The van der Waals surface area contributed by atoms with Gasteiger partial charge in [0.15, 0.2) is 0 Å². The van der Waals surface area contributed by atoms with Crippen molar-refractivity contribution in [1.82, 2.24) is 0 Å². The zero-order valence-electron chi connectivity index (χ0n) is 10.6. The number of benzene rings is 2. The zero-order chi connectivity index (χ0) is 13.9. The van der Waals surface area contributed by atoms with Crippen LogP contribution in [0.3, 0.4) is 0 Å². The molecule has 0 fully saturated rings. The first-order valence-corrected chi connectivity index (χ1v) is 9.29. The molecule has 2 aromatic carbocycles. The van der Waals surface area contributed by atoms with Crippen molar-refractivity contribution in [3.63, 3.8) is 0 Å². The Morgan fingerprint density at radius 3 is 2.42 bits per heavy atom. The molecule has 2 aromatic rings. The van der Waals surface area contributed by atoms with Gasteiger partial charge in [-0.2, -0.15) is 0 Å². The van der Waals surface area contributed by atoms with Crippen LogP contribution in [0.2, 0.25) is 0 Å². The van der Waals surface area contributed by atoms with E-state index in [2.05, 4.69) is 5.32 Å². The fourth-order valence-corrected chi connectivity index (χ4v) is 3.60. The Balaban J connectivity index is 2.16. The number of hydrogen-bond donors (Lipinski definition) is 3. The van der Waals surface area contributed by atoms with Crippen molar-refractivity contribution in [3.8, 4) is 0 Å². The van der Waals surface area contributed by atoms with Crippen molar-refractivity contribution in [1.29, 1.82) is 0 Å². The van der Waals surface area contributed by atoms with Crippen LogP contribution in [0.5, 0.6) is 0 Å². The van der Waals surface area contributed by atoms with Gasteiger partial charge < -0.3 is 0 Å². The minimum atomic E-state index is -4.85. The fraction of sp³-hybridized carbons (Fsp3) is 0.143. The summed E-state index contributed by atoms with van der Waals surface area (Å²) in [6.07, 6.45) is 0. The summed E-state index contributed by atoms with van der Waals surface area (Å²) in [6.45, 7) is 2.33. The molecular weight excluding hydrogens is 305 g/mol. The van der Waals surface area contributed by atoms with Crippen LogP contribution in [0.4, 0.5) is 5.69 Å². The number of nitrogens with one attached hydrogen (secondary N) is 1. The number of rotatable bonds is 4. The molecule has 0 heterocycles. The van der Waals surface area contributed by atoms with E-state index in [0.717, 1.165) is 5.56 Å². The van der Waals surface area contributed by atoms with E-state index in [1.54, 1.807) is 13.0 Å². The third kappa shape index (κ3) is 3.74. The van der Waals surface area contributed by atoms with Crippen molar-refractivity contribution in [2.75, 3.05) is 5.32 Å². The molecule has 0 aromatic heterocycles. The Morgan fingerprint density at radius 2 is 1.79 bits per heavy atom. The topological polar surface area (TPSA) is 69.6 Å². The van der Waals surface area contributed by atoms with E-state index in [4.69, 9.17) is 0 Å². The van der Waals surface area contributed by atoms with Crippen LogP contribution in [-0.4, -0.2) is 22.4 Å². The molecule has 0 bridgehead atoms. The summed E-state index contributed by atoms with van der Waals surface area (Å²) >= 11 is -4.85. The third-order valence-corrected chi connectivity index (χ3v) is 5.19. The van der Waals surface area contributed by atoms with Gasteiger partial charge >= 0.3 is 115 Å². The molecule has 0 saturated heterocycles. The van der Waals surface area contributed by atoms with Gasteiger partial charge in [-0.25, -0.2) is 0 Å². The van der Waals surface area contributed by atoms with Gasteiger partial charge in [0.05, 0.1) is 0 Å². The summed E-state index contributed by atoms with van der Waals surface area (Å²) in [5.74, 6) is 0. The van der Waals surface area contributed by atoms with E-state index >= 15 is 0 Å². The first-order chi connectivity index (χ1) is 8.97. The second kappa shape index (κ2) is 5.66. The molecule has 0 atom stereocenters. The second-order valence-electron chi connectivity index (χ2n) is 4.38. The maximum absolute atomic E-state index is 11.4. The summed E-state index contributed by atoms with van der Waals surface area (Å²) < 4.78 is 30.2. The first kappa shape index (κ1) is 13.9. The summed E-state index contributed by atoms with van der Waals surface area (Å²) in [6, 6.07) is 14.9. The van der Waals surface area contributed by atoms with Gasteiger partial charge in [0.2, 0.25) is 0 Å². The molecule has 2 rings (SSSR count). The molecule has 0 amide bonds. The first-order valence-electron chi connectivity index (χ1n) is 5.91. The monoisotopic (exact) mass is 321 g/mol. The van der Waals surface area contributed by atoms with E-state index in [0.29, 0.717) is 17.8 Å². The molecule has 0 aliphatic heterocycles. The van der Waals surface area contributed by atoms with Crippen LogP contribution in [0.1, 0.15) is 11.1 Å². The van der Waals surface area contributed by atoms with E-state index in [1.807, 2.05) is 36.4 Å². The van der Waals surface area contributed by atoms with Gasteiger partial charge in [-0.15, -0.1) is 0 Å². The maximum atomic E-state index is 11.4. The molecule has 3 N–H and O–H groups in total. The van der Waals surface area contributed by atoms with Gasteiger partial charge in [0.25, 0.3) is 0 Å². The molecule has 0 aliphatic carbocycles. The van der Waals surface area contributed by atoms with Crippen molar-refractivity contribution in [3.05, 3.63) is 59.7 Å². The molecule has 0 aliphatic rings. The number of hydrogen-bond acceptors (Lipinski definition) is 2. The van der Waals surface area contributed by atoms with Gasteiger partial charge in [0, 0.05) is 0 Å². The van der Waals surface area contributed by atoms with Crippen LogP contribution in [-0.2, 0) is 10.3 Å². The number of aryl methyl sites for hydroxylation is 1. The average molecular weight is 321 g/mol. The predicted molar refractivity (Wildman–Crippen MR) is 75.5 cm³/mol. The summed E-state index contributed by atoms with van der Waals surface area (Å²) in [7, 11) is 0. The van der Waals surface area contributed by atoms with Gasteiger partial charge in [-0.1, -0.05) is 0 Å². The quantitative estimate of drug-likeness (QED) is 0.740. The SMILES string of the molecule is Cc1ccc(NCc2ccccc2)cc1[As](=O)(O)O. The van der Waals surface area contributed by atoms with Crippen LogP contribution in [0, 0.1) is 6.92 Å². The average Bonchev–Trinajstić information content (AvgIpc) is 2.37.